The van der Waals surface area contributed by atoms with Crippen molar-refractivity contribution >= 4 is 11.6 Å². The molecular weight excluding hydrogens is 234 g/mol. The smallest absolute Gasteiger partial charge is 0.0710 e. The predicted octanol–water partition coefficient (Wildman–Crippen LogP) is 3.43. The molecule has 0 bridgehead atoms. The molecule has 2 atom stereocenters. The minimum atomic E-state index is 0.0903. The fourth-order valence-corrected chi connectivity index (χ4v) is 3.47. The third-order valence-corrected chi connectivity index (χ3v) is 4.53. The van der Waals surface area contributed by atoms with Crippen LogP contribution >= 0.6 is 11.6 Å². The van der Waals surface area contributed by atoms with Crippen molar-refractivity contribution in [2.45, 2.75) is 70.1 Å². The van der Waals surface area contributed by atoms with Crippen molar-refractivity contribution in [2.75, 3.05) is 19.0 Å². The van der Waals surface area contributed by atoms with Gasteiger partial charge in [0.2, 0.25) is 0 Å². The first-order valence-corrected chi connectivity index (χ1v) is 7.62. The summed E-state index contributed by atoms with van der Waals surface area (Å²) in [5.74, 6) is 0.774. The Morgan fingerprint density at radius 1 is 1.24 bits per heavy atom. The Bertz CT molecular complexity index is 244. The van der Waals surface area contributed by atoms with Gasteiger partial charge >= 0.3 is 0 Å². The van der Waals surface area contributed by atoms with E-state index >= 15 is 0 Å². The van der Waals surface area contributed by atoms with Crippen molar-refractivity contribution in [3.8, 4) is 0 Å². The van der Waals surface area contributed by atoms with Crippen molar-refractivity contribution < 1.29 is 4.74 Å². The zero-order chi connectivity index (χ0) is 12.3. The Morgan fingerprint density at radius 2 is 2.06 bits per heavy atom. The van der Waals surface area contributed by atoms with E-state index in [2.05, 4.69) is 18.7 Å². The van der Waals surface area contributed by atoms with Gasteiger partial charge in [0.15, 0.2) is 0 Å². The molecule has 100 valence electrons. The highest BCUT2D eigenvalue weighted by Crippen LogP contribution is 2.30. The number of hydrogen-bond acceptors (Lipinski definition) is 2. The maximum Gasteiger partial charge on any atom is 0.0710 e. The number of alkyl halides is 1. The third-order valence-electron chi connectivity index (χ3n) is 4.17. The van der Waals surface area contributed by atoms with E-state index in [-0.39, 0.29) is 5.60 Å². The number of ether oxygens (including phenoxy) is 1. The highest BCUT2D eigenvalue weighted by molar-refractivity contribution is 6.18. The van der Waals surface area contributed by atoms with Crippen LogP contribution in [0.4, 0.5) is 0 Å². The number of halogens is 1. The molecule has 2 saturated heterocycles. The molecule has 2 aliphatic rings. The molecule has 0 radical (unpaired) electrons. The number of likely N-dealkylation sites (tertiary alicyclic amines) is 1. The normalized spacial score (nSPS) is 34.8. The average molecular weight is 260 g/mol. The van der Waals surface area contributed by atoms with Gasteiger partial charge in [-0.1, -0.05) is 12.8 Å². The maximum absolute atomic E-state index is 6.11. The number of nitrogens with zero attached hydrogens (tertiary/aromatic N) is 1. The first-order chi connectivity index (χ1) is 8.11. The Labute approximate surface area is 111 Å². The van der Waals surface area contributed by atoms with Crippen molar-refractivity contribution in [2.24, 2.45) is 0 Å². The van der Waals surface area contributed by atoms with E-state index in [0.29, 0.717) is 12.1 Å². The van der Waals surface area contributed by atoms with Crippen LogP contribution in [0.1, 0.15) is 52.4 Å². The maximum atomic E-state index is 6.11. The summed E-state index contributed by atoms with van der Waals surface area (Å²) in [7, 11) is 0. The number of rotatable bonds is 3. The van der Waals surface area contributed by atoms with E-state index in [1.807, 2.05) is 0 Å². The lowest BCUT2D eigenvalue weighted by molar-refractivity contribution is -0.0323. The average Bonchev–Trinajstić information content (AvgIpc) is 2.50. The van der Waals surface area contributed by atoms with Gasteiger partial charge in [-0.15, -0.1) is 11.6 Å². The van der Waals surface area contributed by atoms with Crippen LogP contribution in [0.25, 0.3) is 0 Å². The SMILES string of the molecule is CC1(C)CCC(CN2CCCCCC2CCl)O1. The Kier molecular flexibility index (Phi) is 4.73. The van der Waals surface area contributed by atoms with Crippen LogP contribution in [0.15, 0.2) is 0 Å². The lowest BCUT2D eigenvalue weighted by Crippen LogP contribution is -2.41. The molecule has 0 aromatic heterocycles. The minimum absolute atomic E-state index is 0.0903. The van der Waals surface area contributed by atoms with Crippen LogP contribution in [-0.4, -0.2) is 41.6 Å². The van der Waals surface area contributed by atoms with Crippen LogP contribution in [0.5, 0.6) is 0 Å². The van der Waals surface area contributed by atoms with Crippen molar-refractivity contribution in [1.82, 2.24) is 4.90 Å². The van der Waals surface area contributed by atoms with Gasteiger partial charge in [0.25, 0.3) is 0 Å². The molecule has 2 nitrogen and oxygen atoms in total. The van der Waals surface area contributed by atoms with E-state index < -0.39 is 0 Å². The van der Waals surface area contributed by atoms with Crippen molar-refractivity contribution in [3.63, 3.8) is 0 Å². The summed E-state index contributed by atoms with van der Waals surface area (Å²) in [6, 6.07) is 0.575. The number of hydrogen-bond donors (Lipinski definition) is 0. The summed E-state index contributed by atoms with van der Waals surface area (Å²) >= 11 is 6.11. The highest BCUT2D eigenvalue weighted by Gasteiger charge is 2.33. The summed E-state index contributed by atoms with van der Waals surface area (Å²) in [6.45, 7) is 6.70. The van der Waals surface area contributed by atoms with Crippen LogP contribution in [0.2, 0.25) is 0 Å². The second-order valence-electron chi connectivity index (χ2n) is 6.19. The van der Waals surface area contributed by atoms with Gasteiger partial charge in [-0.2, -0.15) is 0 Å². The second kappa shape index (κ2) is 5.90. The van der Waals surface area contributed by atoms with Gasteiger partial charge < -0.3 is 4.74 Å². The summed E-state index contributed by atoms with van der Waals surface area (Å²) < 4.78 is 6.10. The minimum Gasteiger partial charge on any atom is -0.371 e. The van der Waals surface area contributed by atoms with Crippen LogP contribution < -0.4 is 0 Å². The van der Waals surface area contributed by atoms with Crippen molar-refractivity contribution in [3.05, 3.63) is 0 Å². The quantitative estimate of drug-likeness (QED) is 0.720. The van der Waals surface area contributed by atoms with E-state index in [1.165, 1.54) is 45.1 Å². The Balaban J connectivity index is 1.87. The predicted molar refractivity (Wildman–Crippen MR) is 72.7 cm³/mol. The summed E-state index contributed by atoms with van der Waals surface area (Å²) in [6.07, 6.45) is 8.11. The van der Waals surface area contributed by atoms with E-state index in [4.69, 9.17) is 16.3 Å². The molecule has 0 aliphatic carbocycles. The molecule has 0 aromatic carbocycles. The van der Waals surface area contributed by atoms with E-state index in [1.54, 1.807) is 0 Å². The molecule has 0 aromatic rings. The molecule has 2 unspecified atom stereocenters. The van der Waals surface area contributed by atoms with Gasteiger partial charge in [-0.05, 0) is 46.1 Å². The van der Waals surface area contributed by atoms with Crippen LogP contribution in [0.3, 0.4) is 0 Å². The Morgan fingerprint density at radius 3 is 2.71 bits per heavy atom. The summed E-state index contributed by atoms with van der Waals surface area (Å²) in [4.78, 5) is 2.58. The van der Waals surface area contributed by atoms with Gasteiger partial charge in [0, 0.05) is 18.5 Å². The molecule has 0 amide bonds. The molecular formula is C14H26ClNO. The molecule has 2 rings (SSSR count). The molecule has 0 saturated carbocycles. The molecule has 3 heteroatoms. The third kappa shape index (κ3) is 3.84. The lowest BCUT2D eigenvalue weighted by atomic mass is 10.1. The zero-order valence-corrected chi connectivity index (χ0v) is 12.0. The van der Waals surface area contributed by atoms with Crippen LogP contribution in [-0.2, 0) is 4.74 Å². The van der Waals surface area contributed by atoms with Gasteiger partial charge in [0.1, 0.15) is 0 Å². The van der Waals surface area contributed by atoms with Crippen molar-refractivity contribution in [1.29, 1.82) is 0 Å². The molecule has 2 fully saturated rings. The van der Waals surface area contributed by atoms with Crippen LogP contribution in [0, 0.1) is 0 Å². The van der Waals surface area contributed by atoms with Gasteiger partial charge in [-0.25, -0.2) is 0 Å². The fraction of sp³-hybridized carbons (Fsp3) is 1.00. The largest absolute Gasteiger partial charge is 0.371 e. The Hall–Kier alpha value is 0.210. The second-order valence-corrected chi connectivity index (χ2v) is 6.50. The van der Waals surface area contributed by atoms with Gasteiger partial charge in [0.05, 0.1) is 11.7 Å². The lowest BCUT2D eigenvalue weighted by Gasteiger charge is -2.31. The fourth-order valence-electron chi connectivity index (χ4n) is 3.12. The van der Waals surface area contributed by atoms with Gasteiger partial charge in [-0.3, -0.25) is 4.90 Å². The molecule has 2 heterocycles. The first kappa shape index (κ1) is 13.6. The molecule has 0 spiro atoms. The summed E-state index contributed by atoms with van der Waals surface area (Å²) in [5, 5.41) is 0. The highest BCUT2D eigenvalue weighted by atomic mass is 35.5. The van der Waals surface area contributed by atoms with E-state index in [9.17, 15) is 0 Å². The topological polar surface area (TPSA) is 12.5 Å². The molecule has 17 heavy (non-hydrogen) atoms. The molecule has 0 N–H and O–H groups in total. The standard InChI is InChI=1S/C14H26ClNO/c1-14(2)8-7-13(17-14)11-16-9-5-3-4-6-12(16)10-15/h12-13H,3-11H2,1-2H3. The first-order valence-electron chi connectivity index (χ1n) is 7.08. The monoisotopic (exact) mass is 259 g/mol. The van der Waals surface area contributed by atoms with E-state index in [0.717, 1.165) is 12.4 Å². The zero-order valence-electron chi connectivity index (χ0n) is 11.3. The summed E-state index contributed by atoms with van der Waals surface area (Å²) in [5.41, 5.74) is 0.0903. The molecule has 2 aliphatic heterocycles.